The Morgan fingerprint density at radius 2 is 1.81 bits per heavy atom. The van der Waals surface area contributed by atoms with Crippen molar-refractivity contribution in [1.29, 1.82) is 0 Å². The van der Waals surface area contributed by atoms with Gasteiger partial charge in [-0.1, -0.05) is 23.8 Å². The van der Waals surface area contributed by atoms with Gasteiger partial charge in [0.2, 0.25) is 0 Å². The molecule has 0 aliphatic rings. The van der Waals surface area contributed by atoms with Crippen molar-refractivity contribution in [2.75, 3.05) is 13.7 Å². The molecule has 2 aromatic carbocycles. The number of halogens is 2. The van der Waals surface area contributed by atoms with Gasteiger partial charge in [-0.3, -0.25) is 0 Å². The van der Waals surface area contributed by atoms with Crippen molar-refractivity contribution in [2.24, 2.45) is 5.73 Å². The third kappa shape index (κ3) is 3.49. The highest BCUT2D eigenvalue weighted by Gasteiger charge is 2.16. The van der Waals surface area contributed by atoms with Crippen molar-refractivity contribution in [1.82, 2.24) is 0 Å². The van der Waals surface area contributed by atoms with Crippen LogP contribution in [0.25, 0.3) is 0 Å². The van der Waals surface area contributed by atoms with Crippen LogP contribution in [-0.4, -0.2) is 13.7 Å². The van der Waals surface area contributed by atoms with E-state index in [1.165, 1.54) is 13.2 Å². The Kier molecular flexibility index (Phi) is 4.75. The zero-order valence-corrected chi connectivity index (χ0v) is 11.9. The number of hydrogen-bond acceptors (Lipinski definition) is 3. The zero-order valence-electron chi connectivity index (χ0n) is 11.9. The molecule has 5 heteroatoms. The number of hydrogen-bond donors (Lipinski definition) is 1. The fraction of sp³-hybridized carbons (Fsp3) is 0.250. The predicted octanol–water partition coefficient (Wildman–Crippen LogP) is 3.36. The van der Waals surface area contributed by atoms with E-state index in [4.69, 9.17) is 15.2 Å². The van der Waals surface area contributed by atoms with E-state index >= 15 is 0 Å². The van der Waals surface area contributed by atoms with Crippen molar-refractivity contribution in [2.45, 2.75) is 13.0 Å². The lowest BCUT2D eigenvalue weighted by Crippen LogP contribution is -2.20. The third-order valence-electron chi connectivity index (χ3n) is 3.11. The minimum absolute atomic E-state index is 0.0579. The highest BCUT2D eigenvalue weighted by molar-refractivity contribution is 5.39. The third-order valence-corrected chi connectivity index (χ3v) is 3.11. The van der Waals surface area contributed by atoms with Gasteiger partial charge < -0.3 is 15.2 Å². The first-order valence-electron chi connectivity index (χ1n) is 6.50. The summed E-state index contributed by atoms with van der Waals surface area (Å²) < 4.78 is 37.4. The molecule has 2 aromatic rings. The Morgan fingerprint density at radius 1 is 1.14 bits per heavy atom. The summed E-state index contributed by atoms with van der Waals surface area (Å²) >= 11 is 0. The number of aryl methyl sites for hydroxylation is 1. The number of para-hydroxylation sites is 1. The van der Waals surface area contributed by atoms with E-state index in [2.05, 4.69) is 0 Å². The summed E-state index contributed by atoms with van der Waals surface area (Å²) in [4.78, 5) is 0. The standard InChI is InChI=1S/C16H17F2NO2/c1-10-6-7-15(20-2)11(8-10)14(19)9-21-16-12(17)4-3-5-13(16)18/h3-8,14H,9,19H2,1-2H3. The molecule has 0 heterocycles. The lowest BCUT2D eigenvalue weighted by atomic mass is 10.0. The van der Waals surface area contributed by atoms with Crippen LogP contribution in [0.15, 0.2) is 36.4 Å². The normalized spacial score (nSPS) is 12.0. The molecule has 0 saturated heterocycles. The smallest absolute Gasteiger partial charge is 0.190 e. The molecule has 2 N–H and O–H groups in total. The van der Waals surface area contributed by atoms with Gasteiger partial charge >= 0.3 is 0 Å². The van der Waals surface area contributed by atoms with Crippen LogP contribution in [-0.2, 0) is 0 Å². The highest BCUT2D eigenvalue weighted by atomic mass is 19.1. The van der Waals surface area contributed by atoms with Crippen molar-refractivity contribution in [3.8, 4) is 11.5 Å². The lowest BCUT2D eigenvalue weighted by molar-refractivity contribution is 0.261. The first-order valence-corrected chi connectivity index (χ1v) is 6.50. The minimum atomic E-state index is -0.751. The summed E-state index contributed by atoms with van der Waals surface area (Å²) in [6, 6.07) is 8.56. The monoisotopic (exact) mass is 293 g/mol. The topological polar surface area (TPSA) is 44.5 Å². The molecule has 0 fully saturated rings. The van der Waals surface area contributed by atoms with Crippen LogP contribution in [0.2, 0.25) is 0 Å². The first-order chi connectivity index (χ1) is 10.0. The van der Waals surface area contributed by atoms with Crippen molar-refractivity contribution < 1.29 is 18.3 Å². The molecule has 112 valence electrons. The molecule has 0 aliphatic heterocycles. The van der Waals surface area contributed by atoms with Gasteiger partial charge in [0.05, 0.1) is 13.2 Å². The number of ether oxygens (including phenoxy) is 2. The summed E-state index contributed by atoms with van der Waals surface area (Å²) in [6.07, 6.45) is 0. The number of methoxy groups -OCH3 is 1. The Balaban J connectivity index is 2.15. The molecule has 2 rings (SSSR count). The maximum atomic E-state index is 13.5. The molecular formula is C16H17F2NO2. The average Bonchev–Trinajstić information content (AvgIpc) is 2.46. The van der Waals surface area contributed by atoms with E-state index in [1.54, 1.807) is 6.07 Å². The zero-order chi connectivity index (χ0) is 15.4. The Labute approximate surface area is 122 Å². The van der Waals surface area contributed by atoms with Gasteiger partial charge in [0.1, 0.15) is 12.4 Å². The van der Waals surface area contributed by atoms with E-state index in [1.807, 2.05) is 19.1 Å². The second kappa shape index (κ2) is 6.54. The van der Waals surface area contributed by atoms with Gasteiger partial charge in [-0.05, 0) is 25.1 Å². The second-order valence-electron chi connectivity index (χ2n) is 4.71. The predicted molar refractivity (Wildman–Crippen MR) is 76.5 cm³/mol. The van der Waals surface area contributed by atoms with Gasteiger partial charge in [0.25, 0.3) is 0 Å². The van der Waals surface area contributed by atoms with Gasteiger partial charge in [-0.15, -0.1) is 0 Å². The maximum Gasteiger partial charge on any atom is 0.190 e. The minimum Gasteiger partial charge on any atom is -0.496 e. The largest absolute Gasteiger partial charge is 0.496 e. The number of nitrogens with two attached hydrogens (primary N) is 1. The van der Waals surface area contributed by atoms with Crippen LogP contribution < -0.4 is 15.2 Å². The Morgan fingerprint density at radius 3 is 2.43 bits per heavy atom. The fourth-order valence-electron chi connectivity index (χ4n) is 2.03. The Hall–Kier alpha value is -2.14. The van der Waals surface area contributed by atoms with Crippen molar-refractivity contribution in [3.05, 3.63) is 59.2 Å². The molecule has 0 amide bonds. The van der Waals surface area contributed by atoms with Crippen LogP contribution in [0.3, 0.4) is 0 Å². The molecule has 0 aromatic heterocycles. The lowest BCUT2D eigenvalue weighted by Gasteiger charge is -2.17. The van der Waals surface area contributed by atoms with Crippen LogP contribution in [0.1, 0.15) is 17.2 Å². The summed E-state index contributed by atoms with van der Waals surface area (Å²) in [5, 5.41) is 0. The number of benzene rings is 2. The molecule has 1 atom stereocenters. The molecule has 0 bridgehead atoms. The molecular weight excluding hydrogens is 276 g/mol. The fourth-order valence-corrected chi connectivity index (χ4v) is 2.03. The quantitative estimate of drug-likeness (QED) is 0.919. The summed E-state index contributed by atoms with van der Waals surface area (Å²) in [7, 11) is 1.54. The SMILES string of the molecule is COc1ccc(C)cc1C(N)COc1c(F)cccc1F. The molecule has 3 nitrogen and oxygen atoms in total. The van der Waals surface area contributed by atoms with Crippen LogP contribution >= 0.6 is 0 Å². The summed E-state index contributed by atoms with van der Waals surface area (Å²) in [5.41, 5.74) is 7.78. The highest BCUT2D eigenvalue weighted by Crippen LogP contribution is 2.27. The van der Waals surface area contributed by atoms with Crippen LogP contribution in [0, 0.1) is 18.6 Å². The molecule has 0 radical (unpaired) electrons. The Bertz CT molecular complexity index is 611. The van der Waals surface area contributed by atoms with E-state index in [9.17, 15) is 8.78 Å². The summed E-state index contributed by atoms with van der Waals surface area (Å²) in [5.74, 6) is -1.30. The van der Waals surface area contributed by atoms with Crippen molar-refractivity contribution >= 4 is 0 Å². The van der Waals surface area contributed by atoms with Crippen LogP contribution in [0.4, 0.5) is 8.78 Å². The molecule has 0 spiro atoms. The first kappa shape index (κ1) is 15.3. The molecule has 0 saturated carbocycles. The summed E-state index contributed by atoms with van der Waals surface area (Å²) in [6.45, 7) is 1.87. The van der Waals surface area contributed by atoms with E-state index in [-0.39, 0.29) is 6.61 Å². The van der Waals surface area contributed by atoms with Gasteiger partial charge in [0.15, 0.2) is 17.4 Å². The molecule has 0 aliphatic carbocycles. The van der Waals surface area contributed by atoms with Gasteiger partial charge in [-0.2, -0.15) is 0 Å². The van der Waals surface area contributed by atoms with E-state index < -0.39 is 23.4 Å². The van der Waals surface area contributed by atoms with E-state index in [0.717, 1.165) is 23.3 Å². The second-order valence-corrected chi connectivity index (χ2v) is 4.71. The van der Waals surface area contributed by atoms with Crippen molar-refractivity contribution in [3.63, 3.8) is 0 Å². The van der Waals surface area contributed by atoms with Gasteiger partial charge in [0, 0.05) is 5.56 Å². The average molecular weight is 293 g/mol. The maximum absolute atomic E-state index is 13.5. The molecule has 21 heavy (non-hydrogen) atoms. The van der Waals surface area contributed by atoms with Crippen LogP contribution in [0.5, 0.6) is 11.5 Å². The molecule has 1 unspecified atom stereocenters. The van der Waals surface area contributed by atoms with Gasteiger partial charge in [-0.25, -0.2) is 8.78 Å². The van der Waals surface area contributed by atoms with E-state index in [0.29, 0.717) is 5.75 Å². The number of rotatable bonds is 5.